The predicted octanol–water partition coefficient (Wildman–Crippen LogP) is 7.51. The van der Waals surface area contributed by atoms with Gasteiger partial charge in [0.15, 0.2) is 0 Å². The van der Waals surface area contributed by atoms with E-state index >= 15 is 0 Å². The van der Waals surface area contributed by atoms with Gasteiger partial charge in [-0.05, 0) is 55.0 Å². The van der Waals surface area contributed by atoms with Crippen molar-refractivity contribution in [3.63, 3.8) is 0 Å². The lowest BCUT2D eigenvalue weighted by Crippen LogP contribution is -2.09. The first kappa shape index (κ1) is 24.5. The highest BCUT2D eigenvalue weighted by Gasteiger charge is 2.33. The number of hydrogen-bond donors (Lipinski definition) is 1. The summed E-state index contributed by atoms with van der Waals surface area (Å²) in [6.07, 6.45) is 6.15. The molecule has 29 heavy (non-hydrogen) atoms. The van der Waals surface area contributed by atoms with E-state index in [0.29, 0.717) is 23.1 Å². The molecule has 1 aromatic carbocycles. The molecule has 0 unspecified atom stereocenters. The second kappa shape index (κ2) is 11.4. The lowest BCUT2D eigenvalue weighted by Gasteiger charge is -2.16. The van der Waals surface area contributed by atoms with Crippen LogP contribution in [0.4, 0.5) is 13.2 Å². The molecule has 0 aromatic heterocycles. The molecule has 2 nitrogen and oxygen atoms in total. The maximum Gasteiger partial charge on any atom is 0.417 e. The van der Waals surface area contributed by atoms with E-state index in [9.17, 15) is 23.1 Å². The molecule has 0 spiro atoms. The zero-order valence-corrected chi connectivity index (χ0v) is 17.4. The number of allylic oxidation sites excluding steroid dienone is 7. The van der Waals surface area contributed by atoms with E-state index in [1.165, 1.54) is 12.1 Å². The molecule has 0 aliphatic heterocycles. The summed E-state index contributed by atoms with van der Waals surface area (Å²) in [4.78, 5) is 11.3. The number of unbranched alkanes of at least 4 members (excludes halogenated alkanes) is 1. The van der Waals surface area contributed by atoms with Crippen LogP contribution in [-0.4, -0.2) is 11.1 Å². The van der Waals surface area contributed by atoms with Gasteiger partial charge in [0.2, 0.25) is 0 Å². The van der Waals surface area contributed by atoms with Gasteiger partial charge in [-0.2, -0.15) is 13.2 Å². The van der Waals surface area contributed by atoms with Gasteiger partial charge in [0.05, 0.1) is 12.0 Å². The van der Waals surface area contributed by atoms with E-state index < -0.39 is 17.7 Å². The van der Waals surface area contributed by atoms with Crippen molar-refractivity contribution in [2.24, 2.45) is 0 Å². The van der Waals surface area contributed by atoms with Crippen LogP contribution < -0.4 is 0 Å². The Kier molecular flexibility index (Phi) is 9.66. The number of aliphatic carboxylic acids is 1. The first-order valence-corrected chi connectivity index (χ1v) is 9.76. The maximum absolute atomic E-state index is 13.6. The van der Waals surface area contributed by atoms with Crippen molar-refractivity contribution in [1.82, 2.24) is 0 Å². The predicted molar refractivity (Wildman–Crippen MR) is 113 cm³/mol. The van der Waals surface area contributed by atoms with Crippen LogP contribution in [0.3, 0.4) is 0 Å². The first-order valence-electron chi connectivity index (χ1n) is 9.76. The summed E-state index contributed by atoms with van der Waals surface area (Å²) in [6, 6.07) is 4.09. The molecule has 0 saturated heterocycles. The van der Waals surface area contributed by atoms with Crippen LogP contribution in [0, 0.1) is 6.92 Å². The number of alkyl halides is 3. The van der Waals surface area contributed by atoms with Crippen molar-refractivity contribution in [1.29, 1.82) is 0 Å². The van der Waals surface area contributed by atoms with Gasteiger partial charge >= 0.3 is 12.1 Å². The van der Waals surface area contributed by atoms with Crippen LogP contribution in [0.1, 0.15) is 63.1 Å². The number of carboxylic acid groups (broad SMARTS) is 1. The molecular formula is C24H29F3O2. The van der Waals surface area contributed by atoms with Crippen LogP contribution in [0.15, 0.2) is 59.7 Å². The third kappa shape index (κ3) is 7.76. The van der Waals surface area contributed by atoms with E-state index in [1.807, 2.05) is 19.9 Å². The Morgan fingerprint density at radius 3 is 2.34 bits per heavy atom. The Labute approximate surface area is 171 Å². The molecular weight excluding hydrogens is 377 g/mol. The fraction of sp³-hybridized carbons (Fsp3) is 0.375. The van der Waals surface area contributed by atoms with Gasteiger partial charge in [0.25, 0.3) is 0 Å². The minimum Gasteiger partial charge on any atom is -0.481 e. The van der Waals surface area contributed by atoms with E-state index in [2.05, 4.69) is 0 Å². The Balaban J connectivity index is 3.77. The van der Waals surface area contributed by atoms with Gasteiger partial charge in [0, 0.05) is 0 Å². The summed E-state index contributed by atoms with van der Waals surface area (Å²) in [5, 5.41) is 9.22. The molecule has 0 aliphatic rings. The average molecular weight is 406 g/mol. The zero-order valence-electron chi connectivity index (χ0n) is 17.4. The quantitative estimate of drug-likeness (QED) is 0.431. The number of carbonyl (C=O) groups is 1. The van der Waals surface area contributed by atoms with E-state index in [0.717, 1.165) is 24.5 Å². The number of benzene rings is 1. The lowest BCUT2D eigenvalue weighted by atomic mass is 9.92. The van der Waals surface area contributed by atoms with Gasteiger partial charge in [-0.1, -0.05) is 68.3 Å². The Morgan fingerprint density at radius 1 is 1.14 bits per heavy atom. The monoisotopic (exact) mass is 406 g/mol. The molecule has 1 aromatic rings. The summed E-state index contributed by atoms with van der Waals surface area (Å²) in [5.41, 5.74) is 1.85. The molecule has 0 atom stereocenters. The minimum absolute atomic E-state index is 0.103. The zero-order chi connectivity index (χ0) is 22.0. The Morgan fingerprint density at radius 2 is 1.83 bits per heavy atom. The number of carboxylic acids is 1. The van der Waals surface area contributed by atoms with Crippen LogP contribution in [0.2, 0.25) is 0 Å². The van der Waals surface area contributed by atoms with Crippen LogP contribution in [-0.2, 0) is 11.0 Å². The molecule has 0 amide bonds. The summed E-state index contributed by atoms with van der Waals surface area (Å²) in [6.45, 7) is 7.40. The molecule has 0 fully saturated rings. The van der Waals surface area contributed by atoms with Crippen LogP contribution in [0.5, 0.6) is 0 Å². The molecule has 0 saturated carbocycles. The topological polar surface area (TPSA) is 37.3 Å². The van der Waals surface area contributed by atoms with E-state index in [1.54, 1.807) is 38.2 Å². The molecule has 0 radical (unpaired) electrons. The highest BCUT2D eigenvalue weighted by molar-refractivity contribution is 5.80. The average Bonchev–Trinajstić information content (AvgIpc) is 2.63. The normalized spacial score (nSPS) is 14.0. The maximum atomic E-state index is 13.6. The minimum atomic E-state index is -4.48. The van der Waals surface area contributed by atoms with E-state index in [-0.39, 0.29) is 12.0 Å². The van der Waals surface area contributed by atoms with Crippen molar-refractivity contribution in [3.8, 4) is 0 Å². The number of hydrogen-bond acceptors (Lipinski definition) is 1. The third-order valence-corrected chi connectivity index (χ3v) is 4.38. The number of rotatable bonds is 9. The largest absolute Gasteiger partial charge is 0.481 e. The standard InChI is InChI=1S/C24H29F3O2/c1-5-8-9-11-20(15-18(7-3)19(10-6-2)16-23(28)29)21-14-17(4)12-13-22(21)24(25,26)27/h6,9-15H,5,7-8,16H2,1-4H3,(H,28,29)/b10-6+,11-9-,19-18-,20-15+. The molecule has 0 heterocycles. The summed E-state index contributed by atoms with van der Waals surface area (Å²) < 4.78 is 40.9. The van der Waals surface area contributed by atoms with Crippen molar-refractivity contribution in [2.75, 3.05) is 0 Å². The summed E-state index contributed by atoms with van der Waals surface area (Å²) in [7, 11) is 0. The first-order chi connectivity index (χ1) is 13.6. The number of aryl methyl sites for hydroxylation is 1. The van der Waals surface area contributed by atoms with Crippen LogP contribution >= 0.6 is 0 Å². The summed E-state index contributed by atoms with van der Waals surface area (Å²) >= 11 is 0. The van der Waals surface area contributed by atoms with Gasteiger partial charge in [-0.3, -0.25) is 4.79 Å². The SMILES string of the molecule is C/C=C/C(CC(=O)O)=C(/C=C(\C=C/CCC)c1cc(C)ccc1C(F)(F)F)CC. The van der Waals surface area contributed by atoms with Gasteiger partial charge in [-0.15, -0.1) is 0 Å². The Hall–Kier alpha value is -2.56. The van der Waals surface area contributed by atoms with Gasteiger partial charge in [0.1, 0.15) is 0 Å². The van der Waals surface area contributed by atoms with Gasteiger partial charge < -0.3 is 5.11 Å². The Bertz CT molecular complexity index is 825. The van der Waals surface area contributed by atoms with Crippen molar-refractivity contribution in [2.45, 2.75) is 59.6 Å². The van der Waals surface area contributed by atoms with Crippen molar-refractivity contribution >= 4 is 11.5 Å². The molecule has 0 bridgehead atoms. The molecule has 1 N–H and O–H groups in total. The van der Waals surface area contributed by atoms with Crippen LogP contribution in [0.25, 0.3) is 5.57 Å². The van der Waals surface area contributed by atoms with E-state index in [4.69, 9.17) is 0 Å². The second-order valence-electron chi connectivity index (χ2n) is 6.81. The van der Waals surface area contributed by atoms with Gasteiger partial charge in [-0.25, -0.2) is 0 Å². The molecule has 1 rings (SSSR count). The summed E-state index contributed by atoms with van der Waals surface area (Å²) in [5.74, 6) is -0.980. The van der Waals surface area contributed by atoms with Crippen molar-refractivity contribution in [3.05, 3.63) is 76.4 Å². The third-order valence-electron chi connectivity index (χ3n) is 4.38. The second-order valence-corrected chi connectivity index (χ2v) is 6.81. The molecule has 158 valence electrons. The fourth-order valence-electron chi connectivity index (χ4n) is 2.99. The molecule has 0 aliphatic carbocycles. The highest BCUT2D eigenvalue weighted by atomic mass is 19.4. The number of halogens is 3. The lowest BCUT2D eigenvalue weighted by molar-refractivity contribution is -0.138. The van der Waals surface area contributed by atoms with Crippen molar-refractivity contribution < 1.29 is 23.1 Å². The smallest absolute Gasteiger partial charge is 0.417 e. The molecule has 5 heteroatoms. The highest BCUT2D eigenvalue weighted by Crippen LogP contribution is 2.37. The fourth-order valence-corrected chi connectivity index (χ4v) is 2.99.